The van der Waals surface area contributed by atoms with Crippen LogP contribution in [0.15, 0.2) is 22.7 Å². The molecule has 1 amide bonds. The summed E-state index contributed by atoms with van der Waals surface area (Å²) in [4.78, 5) is 14.4. The molecule has 5 heteroatoms. The topological polar surface area (TPSA) is 32.3 Å². The third-order valence-corrected chi connectivity index (χ3v) is 5.45. The second-order valence-electron chi connectivity index (χ2n) is 5.31. The summed E-state index contributed by atoms with van der Waals surface area (Å²) in [6, 6.07) is 6.36. The normalized spacial score (nSPS) is 22.6. The Bertz CT molecular complexity index is 487. The summed E-state index contributed by atoms with van der Waals surface area (Å²) in [5.41, 5.74) is 0.569. The molecule has 20 heavy (non-hydrogen) atoms. The molecule has 0 aliphatic heterocycles. The summed E-state index contributed by atoms with van der Waals surface area (Å²) in [6.45, 7) is 0. The van der Waals surface area contributed by atoms with Gasteiger partial charge < -0.3 is 10.2 Å². The van der Waals surface area contributed by atoms with Gasteiger partial charge in [-0.15, -0.1) is 0 Å². The Kier molecular flexibility index (Phi) is 5.47. The third-order valence-electron chi connectivity index (χ3n) is 4.16. The van der Waals surface area contributed by atoms with Crippen molar-refractivity contribution in [3.05, 3.63) is 33.3 Å². The molecule has 0 atom stereocenters. The molecule has 110 valence electrons. The van der Waals surface area contributed by atoms with Gasteiger partial charge in [0.2, 0.25) is 0 Å². The highest BCUT2D eigenvalue weighted by atomic mass is 79.9. The molecule has 0 radical (unpaired) electrons. The maximum Gasteiger partial charge on any atom is 0.255 e. The van der Waals surface area contributed by atoms with Gasteiger partial charge >= 0.3 is 0 Å². The monoisotopic (exact) mass is 358 g/mol. The number of carbonyl (C=O) groups excluding carboxylic acids is 1. The number of nitrogens with zero attached hydrogens (tertiary/aromatic N) is 1. The lowest BCUT2D eigenvalue weighted by atomic mass is 9.90. The van der Waals surface area contributed by atoms with Crippen molar-refractivity contribution in [1.29, 1.82) is 0 Å². The molecular weight excluding hydrogens is 340 g/mol. The fourth-order valence-electron chi connectivity index (χ4n) is 2.78. The maximum atomic E-state index is 12.6. The van der Waals surface area contributed by atoms with Crippen LogP contribution in [-0.4, -0.2) is 37.0 Å². The van der Waals surface area contributed by atoms with Gasteiger partial charge in [-0.2, -0.15) is 0 Å². The second kappa shape index (κ2) is 6.92. The number of amides is 1. The van der Waals surface area contributed by atoms with Gasteiger partial charge in [-0.1, -0.05) is 17.7 Å². The van der Waals surface area contributed by atoms with Crippen LogP contribution in [0.4, 0.5) is 0 Å². The van der Waals surface area contributed by atoms with Crippen LogP contribution in [0, 0.1) is 0 Å². The quantitative estimate of drug-likeness (QED) is 0.892. The lowest BCUT2D eigenvalue weighted by Crippen LogP contribution is -2.42. The highest BCUT2D eigenvalue weighted by Crippen LogP contribution is 2.29. The standard InChI is InChI=1S/C15H20BrClN2O/c1-18-10-6-8-11(9-7-10)19(2)15(20)12-4-3-5-13(16)14(12)17/h3-5,10-11,18H,6-9H2,1-2H3. The van der Waals surface area contributed by atoms with Gasteiger partial charge in [0, 0.05) is 23.6 Å². The van der Waals surface area contributed by atoms with Crippen molar-refractivity contribution in [2.75, 3.05) is 14.1 Å². The molecule has 2 rings (SSSR count). The number of nitrogens with one attached hydrogen (secondary N) is 1. The first-order chi connectivity index (χ1) is 9.54. The molecule has 0 heterocycles. The lowest BCUT2D eigenvalue weighted by Gasteiger charge is -2.34. The molecule has 1 aliphatic carbocycles. The van der Waals surface area contributed by atoms with Crippen LogP contribution in [0.25, 0.3) is 0 Å². The third kappa shape index (κ3) is 3.35. The van der Waals surface area contributed by atoms with Gasteiger partial charge in [-0.25, -0.2) is 0 Å². The number of rotatable bonds is 3. The fourth-order valence-corrected chi connectivity index (χ4v) is 3.35. The molecule has 0 bridgehead atoms. The largest absolute Gasteiger partial charge is 0.339 e. The SMILES string of the molecule is CNC1CCC(N(C)C(=O)c2cccc(Br)c2Cl)CC1. The van der Waals surface area contributed by atoms with E-state index in [0.717, 1.165) is 30.2 Å². The smallest absolute Gasteiger partial charge is 0.255 e. The summed E-state index contributed by atoms with van der Waals surface area (Å²) in [5, 5.41) is 3.80. The molecule has 0 unspecified atom stereocenters. The maximum absolute atomic E-state index is 12.6. The van der Waals surface area contributed by atoms with Crippen molar-refractivity contribution in [2.45, 2.75) is 37.8 Å². The van der Waals surface area contributed by atoms with Crippen molar-refractivity contribution >= 4 is 33.4 Å². The van der Waals surface area contributed by atoms with E-state index in [-0.39, 0.29) is 5.91 Å². The summed E-state index contributed by atoms with van der Waals surface area (Å²) >= 11 is 9.58. The van der Waals surface area contributed by atoms with E-state index in [4.69, 9.17) is 11.6 Å². The van der Waals surface area contributed by atoms with Gasteiger partial charge in [0.05, 0.1) is 10.6 Å². The summed E-state index contributed by atoms with van der Waals surface area (Å²) < 4.78 is 0.761. The zero-order valence-electron chi connectivity index (χ0n) is 11.8. The zero-order chi connectivity index (χ0) is 14.7. The van der Waals surface area contributed by atoms with Crippen molar-refractivity contribution in [1.82, 2.24) is 10.2 Å². The molecule has 1 aliphatic rings. The van der Waals surface area contributed by atoms with Crippen LogP contribution >= 0.6 is 27.5 Å². The first-order valence-electron chi connectivity index (χ1n) is 6.93. The van der Waals surface area contributed by atoms with E-state index in [1.165, 1.54) is 0 Å². The number of carbonyl (C=O) groups is 1. The van der Waals surface area contributed by atoms with Gasteiger partial charge in [0.15, 0.2) is 0 Å². The number of hydrogen-bond acceptors (Lipinski definition) is 2. The van der Waals surface area contributed by atoms with Crippen molar-refractivity contribution in [3.63, 3.8) is 0 Å². The minimum atomic E-state index is 0.00390. The predicted molar refractivity (Wildman–Crippen MR) is 86.3 cm³/mol. The Labute approximate surface area is 133 Å². The Morgan fingerprint density at radius 1 is 1.35 bits per heavy atom. The molecule has 0 saturated heterocycles. The van der Waals surface area contributed by atoms with E-state index in [1.807, 2.05) is 31.1 Å². The van der Waals surface area contributed by atoms with Crippen LogP contribution in [-0.2, 0) is 0 Å². The summed E-state index contributed by atoms with van der Waals surface area (Å²) in [6.07, 6.45) is 4.31. The van der Waals surface area contributed by atoms with E-state index < -0.39 is 0 Å². The van der Waals surface area contributed by atoms with E-state index in [9.17, 15) is 4.79 Å². The van der Waals surface area contributed by atoms with Crippen molar-refractivity contribution < 1.29 is 4.79 Å². The van der Waals surface area contributed by atoms with Crippen molar-refractivity contribution in [2.24, 2.45) is 0 Å². The fraction of sp³-hybridized carbons (Fsp3) is 0.533. The van der Waals surface area contributed by atoms with Crippen LogP contribution < -0.4 is 5.32 Å². The van der Waals surface area contributed by atoms with Gasteiger partial charge in [-0.3, -0.25) is 4.79 Å². The van der Waals surface area contributed by atoms with E-state index in [2.05, 4.69) is 21.2 Å². The summed E-state index contributed by atoms with van der Waals surface area (Å²) in [7, 11) is 3.88. The van der Waals surface area contributed by atoms with Crippen LogP contribution in [0.1, 0.15) is 36.0 Å². The van der Waals surface area contributed by atoms with Crippen molar-refractivity contribution in [3.8, 4) is 0 Å². The van der Waals surface area contributed by atoms with Crippen LogP contribution in [0.2, 0.25) is 5.02 Å². The molecule has 1 fully saturated rings. The molecule has 0 aromatic heterocycles. The average Bonchev–Trinajstić information content (AvgIpc) is 2.48. The first kappa shape index (κ1) is 15.8. The molecule has 0 spiro atoms. The second-order valence-corrected chi connectivity index (χ2v) is 6.54. The highest BCUT2D eigenvalue weighted by molar-refractivity contribution is 9.10. The molecule has 1 aromatic rings. The lowest BCUT2D eigenvalue weighted by molar-refractivity contribution is 0.0686. The molecular formula is C15H20BrClN2O. The number of benzene rings is 1. The van der Waals surface area contributed by atoms with E-state index in [1.54, 1.807) is 6.07 Å². The van der Waals surface area contributed by atoms with E-state index in [0.29, 0.717) is 22.7 Å². The first-order valence-corrected chi connectivity index (χ1v) is 8.10. The van der Waals surface area contributed by atoms with Crippen LogP contribution in [0.5, 0.6) is 0 Å². The molecule has 3 nitrogen and oxygen atoms in total. The average molecular weight is 360 g/mol. The van der Waals surface area contributed by atoms with Gasteiger partial charge in [-0.05, 0) is 60.8 Å². The zero-order valence-corrected chi connectivity index (χ0v) is 14.2. The van der Waals surface area contributed by atoms with Gasteiger partial charge in [0.1, 0.15) is 0 Å². The van der Waals surface area contributed by atoms with Crippen LogP contribution in [0.3, 0.4) is 0 Å². The molecule has 1 aromatic carbocycles. The minimum Gasteiger partial charge on any atom is -0.339 e. The Morgan fingerprint density at radius 3 is 2.60 bits per heavy atom. The number of halogens is 2. The molecule has 1 saturated carbocycles. The minimum absolute atomic E-state index is 0.00390. The Balaban J connectivity index is 2.07. The van der Waals surface area contributed by atoms with Gasteiger partial charge in [0.25, 0.3) is 5.91 Å². The Morgan fingerprint density at radius 2 is 2.00 bits per heavy atom. The molecule has 1 N–H and O–H groups in total. The highest BCUT2D eigenvalue weighted by Gasteiger charge is 2.27. The number of hydrogen-bond donors (Lipinski definition) is 1. The van der Waals surface area contributed by atoms with E-state index >= 15 is 0 Å². The predicted octanol–water partition coefficient (Wildman–Crippen LogP) is 3.71. The summed E-state index contributed by atoms with van der Waals surface area (Å²) in [5.74, 6) is 0.00390. The Hall–Kier alpha value is -0.580.